The number of likely N-dealkylation sites (tertiary alicyclic amines) is 1. The smallest absolute Gasteiger partial charge is 0.407 e. The van der Waals surface area contributed by atoms with Crippen LogP contribution < -0.4 is 10.6 Å². The van der Waals surface area contributed by atoms with Crippen molar-refractivity contribution >= 4 is 17.9 Å². The first-order valence-electron chi connectivity index (χ1n) is 19.9. The first-order chi connectivity index (χ1) is 28.2. The molecule has 2 unspecified atom stereocenters. The summed E-state index contributed by atoms with van der Waals surface area (Å²) in [6.45, 7) is 2.54. The Hall–Kier alpha value is -5.86. The second kappa shape index (κ2) is 16.9. The number of aromatic nitrogens is 5. The predicted molar refractivity (Wildman–Crippen MR) is 216 cm³/mol. The Morgan fingerprint density at radius 3 is 2.09 bits per heavy atom. The number of methoxy groups -OCH3 is 3. The molecule has 3 fully saturated rings. The van der Waals surface area contributed by atoms with Crippen LogP contribution >= 0.6 is 0 Å². The number of hydrogen-bond acceptors (Lipinski definition) is 9. The Kier molecular flexibility index (Phi) is 11.4. The van der Waals surface area contributed by atoms with Crippen LogP contribution in [0.15, 0.2) is 85.5 Å². The number of benzene rings is 2. The number of rotatable bonds is 13. The minimum Gasteiger partial charge on any atom is -0.453 e. The minimum absolute atomic E-state index is 0.0828. The molecule has 3 amide bonds. The molecule has 302 valence electrons. The monoisotopic (exact) mass is 786 g/mol. The molecule has 2 aromatic carbocycles. The van der Waals surface area contributed by atoms with E-state index >= 15 is 0 Å². The number of alkyl carbamates (subject to hydrolysis) is 1. The standard InChI is InChI=1S/C44H50N8O6/c1-25(56-2)39(51-44(55)58-4)43(54)52-24-33(57-3)19-36(52)40-46-22-34(49-40)29-11-7-27(8-12-29)28-9-13-30(14-10-28)35-23-47-41(50-35)37-31-15-16-32(18-31)38(37)42(53)48-21-26-6-5-17-45-20-26/h5-14,17,20,22-23,25,31-33,36-39H,15-16,18-19,21,24H2,1-4H3,(H,46,49)(H,47,50)(H,48,53)(H,51,55)/t25-,31?,32?,33+,36+,37+,38+,39+/m1/s1. The number of nitrogens with one attached hydrogen (secondary N) is 4. The fourth-order valence-corrected chi connectivity index (χ4v) is 9.21. The van der Waals surface area contributed by atoms with Crippen molar-refractivity contribution in [3.8, 4) is 33.6 Å². The number of imidazole rings is 2. The van der Waals surface area contributed by atoms with Gasteiger partial charge in [0.15, 0.2) is 0 Å². The van der Waals surface area contributed by atoms with Gasteiger partial charge in [0.2, 0.25) is 11.8 Å². The molecule has 5 aromatic rings. The number of hydrogen-bond donors (Lipinski definition) is 4. The molecule has 2 bridgehead atoms. The second-order valence-corrected chi connectivity index (χ2v) is 15.6. The molecule has 8 rings (SSSR count). The number of aromatic amines is 2. The summed E-state index contributed by atoms with van der Waals surface area (Å²) in [6.07, 6.45) is 9.53. The van der Waals surface area contributed by atoms with E-state index < -0.39 is 24.3 Å². The molecule has 58 heavy (non-hydrogen) atoms. The third-order valence-electron chi connectivity index (χ3n) is 12.4. The molecule has 0 radical (unpaired) electrons. The van der Waals surface area contributed by atoms with Crippen molar-refractivity contribution < 1.29 is 28.6 Å². The summed E-state index contributed by atoms with van der Waals surface area (Å²) in [4.78, 5) is 61.9. The molecule has 14 nitrogen and oxygen atoms in total. The maximum atomic E-state index is 13.8. The van der Waals surface area contributed by atoms with Crippen molar-refractivity contribution in [3.63, 3.8) is 0 Å². The molecule has 3 aromatic heterocycles. The molecule has 1 saturated heterocycles. The van der Waals surface area contributed by atoms with Crippen LogP contribution in [0.2, 0.25) is 0 Å². The molecule has 1 aliphatic heterocycles. The van der Waals surface area contributed by atoms with Crippen LogP contribution in [0.5, 0.6) is 0 Å². The highest BCUT2D eigenvalue weighted by Crippen LogP contribution is 2.56. The summed E-state index contributed by atoms with van der Waals surface area (Å²) >= 11 is 0. The van der Waals surface area contributed by atoms with Crippen LogP contribution in [-0.2, 0) is 30.3 Å². The first-order valence-corrected chi connectivity index (χ1v) is 19.9. The summed E-state index contributed by atoms with van der Waals surface area (Å²) in [5.41, 5.74) is 6.87. The van der Waals surface area contributed by atoms with Crippen LogP contribution in [0.25, 0.3) is 33.6 Å². The van der Waals surface area contributed by atoms with Crippen molar-refractivity contribution in [2.24, 2.45) is 17.8 Å². The Labute approximate surface area is 337 Å². The van der Waals surface area contributed by atoms with Gasteiger partial charge in [0, 0.05) is 52.0 Å². The van der Waals surface area contributed by atoms with Gasteiger partial charge in [-0.3, -0.25) is 14.6 Å². The molecular weight excluding hydrogens is 737 g/mol. The average Bonchev–Trinajstić information content (AvgIpc) is 4.13. The van der Waals surface area contributed by atoms with Crippen molar-refractivity contribution in [2.45, 2.75) is 69.4 Å². The van der Waals surface area contributed by atoms with E-state index in [1.165, 1.54) is 14.2 Å². The predicted octanol–water partition coefficient (Wildman–Crippen LogP) is 6.02. The van der Waals surface area contributed by atoms with Gasteiger partial charge in [-0.15, -0.1) is 0 Å². The van der Waals surface area contributed by atoms with Gasteiger partial charge in [0.05, 0.1) is 55.1 Å². The lowest BCUT2D eigenvalue weighted by Gasteiger charge is -2.30. The number of fused-ring (bicyclic) bond motifs is 2. The van der Waals surface area contributed by atoms with Gasteiger partial charge in [-0.1, -0.05) is 54.6 Å². The number of nitrogens with zero attached hydrogens (tertiary/aromatic N) is 4. The maximum Gasteiger partial charge on any atom is 0.407 e. The lowest BCUT2D eigenvalue weighted by Crippen LogP contribution is -2.54. The van der Waals surface area contributed by atoms with E-state index in [1.807, 2.05) is 30.5 Å². The van der Waals surface area contributed by atoms with Gasteiger partial charge < -0.3 is 39.7 Å². The van der Waals surface area contributed by atoms with E-state index in [0.717, 1.165) is 64.3 Å². The normalized spacial score (nSPS) is 23.4. The molecular formula is C44H50N8O6. The zero-order valence-electron chi connectivity index (χ0n) is 33.2. The molecule has 3 aliphatic rings. The van der Waals surface area contributed by atoms with Gasteiger partial charge >= 0.3 is 6.09 Å². The van der Waals surface area contributed by atoms with E-state index in [4.69, 9.17) is 19.2 Å². The highest BCUT2D eigenvalue weighted by atomic mass is 16.5. The molecule has 4 N–H and O–H groups in total. The average molecular weight is 787 g/mol. The van der Waals surface area contributed by atoms with Crippen molar-refractivity contribution in [1.29, 1.82) is 0 Å². The number of carbonyl (C=O) groups excluding carboxylic acids is 3. The number of carbonyl (C=O) groups is 3. The van der Waals surface area contributed by atoms with Crippen LogP contribution in [-0.4, -0.2) is 93.9 Å². The molecule has 4 heterocycles. The van der Waals surface area contributed by atoms with E-state index in [2.05, 4.69) is 67.0 Å². The highest BCUT2D eigenvalue weighted by Gasteiger charge is 2.52. The Balaban J connectivity index is 0.931. The van der Waals surface area contributed by atoms with Crippen LogP contribution in [0.4, 0.5) is 4.79 Å². The highest BCUT2D eigenvalue weighted by molar-refractivity contribution is 5.87. The van der Waals surface area contributed by atoms with E-state index in [9.17, 15) is 14.4 Å². The Morgan fingerprint density at radius 1 is 0.828 bits per heavy atom. The maximum absolute atomic E-state index is 13.8. The van der Waals surface area contributed by atoms with E-state index in [-0.39, 0.29) is 29.8 Å². The lowest BCUT2D eigenvalue weighted by atomic mass is 9.78. The summed E-state index contributed by atoms with van der Waals surface area (Å²) in [5, 5.41) is 5.80. The third-order valence-corrected chi connectivity index (χ3v) is 12.4. The van der Waals surface area contributed by atoms with Crippen LogP contribution in [0.1, 0.15) is 61.8 Å². The van der Waals surface area contributed by atoms with Gasteiger partial charge in [-0.25, -0.2) is 14.8 Å². The Morgan fingerprint density at radius 2 is 1.47 bits per heavy atom. The zero-order valence-corrected chi connectivity index (χ0v) is 33.2. The number of H-pyrrole nitrogens is 2. The molecule has 2 aliphatic carbocycles. The molecule has 8 atom stereocenters. The fourth-order valence-electron chi connectivity index (χ4n) is 9.21. The van der Waals surface area contributed by atoms with Crippen LogP contribution in [0.3, 0.4) is 0 Å². The molecule has 14 heteroatoms. The van der Waals surface area contributed by atoms with Crippen molar-refractivity contribution in [3.05, 3.63) is 103 Å². The van der Waals surface area contributed by atoms with E-state index in [0.29, 0.717) is 37.2 Å². The topological polar surface area (TPSA) is 176 Å². The number of ether oxygens (including phenoxy) is 3. The zero-order chi connectivity index (χ0) is 40.3. The minimum atomic E-state index is -0.952. The summed E-state index contributed by atoms with van der Waals surface area (Å²) in [6, 6.07) is 19.2. The third kappa shape index (κ3) is 7.86. The largest absolute Gasteiger partial charge is 0.453 e. The van der Waals surface area contributed by atoms with Gasteiger partial charge in [0.25, 0.3) is 0 Å². The molecule has 2 saturated carbocycles. The summed E-state index contributed by atoms with van der Waals surface area (Å²) in [5.74, 6) is 2.17. The van der Waals surface area contributed by atoms with Crippen molar-refractivity contribution in [2.75, 3.05) is 27.9 Å². The molecule has 0 spiro atoms. The van der Waals surface area contributed by atoms with E-state index in [1.54, 1.807) is 37.5 Å². The summed E-state index contributed by atoms with van der Waals surface area (Å²) < 4.78 is 15.8. The first kappa shape index (κ1) is 39.0. The summed E-state index contributed by atoms with van der Waals surface area (Å²) in [7, 11) is 4.37. The number of pyridine rings is 1. The fraction of sp³-hybridized carbons (Fsp3) is 0.409. The lowest BCUT2D eigenvalue weighted by molar-refractivity contribution is -0.138. The van der Waals surface area contributed by atoms with Gasteiger partial charge in [-0.2, -0.15) is 0 Å². The van der Waals surface area contributed by atoms with Crippen molar-refractivity contribution in [1.82, 2.24) is 40.5 Å². The second-order valence-electron chi connectivity index (χ2n) is 15.6. The quantitative estimate of drug-likeness (QED) is 0.111. The van der Waals surface area contributed by atoms with Gasteiger partial charge in [-0.05, 0) is 71.9 Å². The number of amides is 3. The van der Waals surface area contributed by atoms with Gasteiger partial charge in [0.1, 0.15) is 17.7 Å². The SMILES string of the molecule is COC(=O)N[C@H](C(=O)N1C[C@@H](OC)C[C@H]1c1ncc(-c2ccc(-c3ccc(-c4cnc([C@H]5C6CCC(C6)[C@@H]5C(=O)NCc5cccnc5)[nH]4)cc3)cc2)[nH]1)[C@@H](C)OC. The van der Waals surface area contributed by atoms with Crippen LogP contribution in [0, 0.1) is 17.8 Å². The Bertz CT molecular complexity index is 2210.